The van der Waals surface area contributed by atoms with Gasteiger partial charge >= 0.3 is 0 Å². The highest BCUT2D eigenvalue weighted by molar-refractivity contribution is 7.71. The molecule has 0 unspecified atom stereocenters. The molecular formula is C20H20ClN3O3S. The third-order valence-corrected chi connectivity index (χ3v) is 4.44. The maximum absolute atomic E-state index is 12.7. The fraction of sp³-hybridized carbons (Fsp3) is 0.250. The van der Waals surface area contributed by atoms with Crippen LogP contribution < -0.4 is 15.0 Å². The van der Waals surface area contributed by atoms with Gasteiger partial charge in [0, 0.05) is 0 Å². The highest BCUT2D eigenvalue weighted by Crippen LogP contribution is 2.36. The molecule has 1 heterocycles. The van der Waals surface area contributed by atoms with Gasteiger partial charge in [0.1, 0.15) is 0 Å². The van der Waals surface area contributed by atoms with Gasteiger partial charge in [0.25, 0.3) is 5.56 Å². The van der Waals surface area contributed by atoms with Gasteiger partial charge in [-0.05, 0) is 55.4 Å². The van der Waals surface area contributed by atoms with Crippen LogP contribution in [0.15, 0.2) is 46.3 Å². The molecule has 0 aliphatic carbocycles. The molecule has 0 amide bonds. The molecule has 0 aliphatic rings. The number of rotatable bonds is 7. The average Bonchev–Trinajstić information content (AvgIpc) is 2.67. The number of nitrogens with one attached hydrogen (secondary N) is 1. The van der Waals surface area contributed by atoms with Crippen LogP contribution in [0.5, 0.6) is 11.5 Å². The van der Waals surface area contributed by atoms with E-state index < -0.39 is 0 Å². The summed E-state index contributed by atoms with van der Waals surface area (Å²) < 4.78 is 12.7. The number of nitrogens with zero attached hydrogens (tertiary/aromatic N) is 2. The fourth-order valence-corrected chi connectivity index (χ4v) is 3.17. The quantitative estimate of drug-likeness (QED) is 0.443. The van der Waals surface area contributed by atoms with Crippen molar-refractivity contribution in [2.24, 2.45) is 5.10 Å². The predicted molar refractivity (Wildman–Crippen MR) is 115 cm³/mol. The molecule has 1 N–H and O–H groups in total. The lowest BCUT2D eigenvalue weighted by Gasteiger charge is -2.13. The maximum atomic E-state index is 12.7. The standard InChI is InChI=1S/C20H20ClN3O3S/c1-3-9-27-18-15(21)10-13(11-17(18)26-4-2)12-22-24-19(25)14-7-5-6-8-16(14)23-20(24)28/h5-8,10-12H,3-4,9H2,1-2H3,(H,23,28)/b22-12-. The lowest BCUT2D eigenvalue weighted by Crippen LogP contribution is -2.18. The van der Waals surface area contributed by atoms with Gasteiger partial charge in [-0.2, -0.15) is 9.78 Å². The van der Waals surface area contributed by atoms with Crippen molar-refractivity contribution in [2.45, 2.75) is 20.3 Å². The van der Waals surface area contributed by atoms with Crippen molar-refractivity contribution >= 4 is 40.9 Å². The zero-order valence-corrected chi connectivity index (χ0v) is 17.1. The molecule has 0 saturated heterocycles. The van der Waals surface area contributed by atoms with E-state index in [0.717, 1.165) is 11.1 Å². The summed E-state index contributed by atoms with van der Waals surface area (Å²) >= 11 is 11.6. The van der Waals surface area contributed by atoms with E-state index in [9.17, 15) is 4.79 Å². The van der Waals surface area contributed by atoms with Crippen molar-refractivity contribution < 1.29 is 9.47 Å². The van der Waals surface area contributed by atoms with E-state index >= 15 is 0 Å². The molecule has 0 spiro atoms. The van der Waals surface area contributed by atoms with Crippen LogP contribution in [0.4, 0.5) is 0 Å². The molecular weight excluding hydrogens is 398 g/mol. The van der Waals surface area contributed by atoms with Crippen molar-refractivity contribution in [3.05, 3.63) is 62.1 Å². The van der Waals surface area contributed by atoms with Crippen LogP contribution in [0.3, 0.4) is 0 Å². The smallest absolute Gasteiger partial charge is 0.282 e. The Hall–Kier alpha value is -2.64. The summed E-state index contributed by atoms with van der Waals surface area (Å²) in [5.74, 6) is 1.03. The molecule has 8 heteroatoms. The monoisotopic (exact) mass is 417 g/mol. The first-order chi connectivity index (χ1) is 13.5. The zero-order valence-electron chi connectivity index (χ0n) is 15.6. The van der Waals surface area contributed by atoms with Crippen LogP contribution >= 0.6 is 23.8 Å². The lowest BCUT2D eigenvalue weighted by molar-refractivity contribution is 0.277. The number of hydrogen-bond donors (Lipinski definition) is 1. The molecule has 0 bridgehead atoms. The van der Waals surface area contributed by atoms with Gasteiger partial charge in [-0.25, -0.2) is 0 Å². The highest BCUT2D eigenvalue weighted by Gasteiger charge is 2.12. The molecule has 146 valence electrons. The lowest BCUT2D eigenvalue weighted by atomic mass is 10.2. The first kappa shape index (κ1) is 20.1. The van der Waals surface area contributed by atoms with Crippen LogP contribution in [0, 0.1) is 4.77 Å². The Morgan fingerprint density at radius 2 is 2.04 bits per heavy atom. The van der Waals surface area contributed by atoms with Gasteiger partial charge in [-0.1, -0.05) is 30.7 Å². The van der Waals surface area contributed by atoms with Gasteiger partial charge in [-0.15, -0.1) is 0 Å². The number of para-hydroxylation sites is 1. The second-order valence-electron chi connectivity index (χ2n) is 5.95. The maximum Gasteiger partial charge on any atom is 0.282 e. The molecule has 0 atom stereocenters. The normalized spacial score (nSPS) is 11.2. The third kappa shape index (κ3) is 4.26. The summed E-state index contributed by atoms with van der Waals surface area (Å²) in [5.41, 5.74) is 1.03. The summed E-state index contributed by atoms with van der Waals surface area (Å²) in [4.78, 5) is 15.7. The SMILES string of the molecule is CCCOc1c(Cl)cc(/C=N\n2c(=S)[nH]c3ccccc3c2=O)cc1OCC. The molecule has 2 aromatic carbocycles. The third-order valence-electron chi connectivity index (χ3n) is 3.89. The second kappa shape index (κ2) is 9.03. The van der Waals surface area contributed by atoms with Crippen molar-refractivity contribution in [3.63, 3.8) is 0 Å². The van der Waals surface area contributed by atoms with E-state index in [-0.39, 0.29) is 10.3 Å². The first-order valence-electron chi connectivity index (χ1n) is 8.92. The zero-order chi connectivity index (χ0) is 20.1. The number of aromatic amines is 1. The van der Waals surface area contributed by atoms with Gasteiger partial charge in [0.15, 0.2) is 11.5 Å². The molecule has 0 fully saturated rings. The Balaban J connectivity index is 2.02. The fourth-order valence-electron chi connectivity index (χ4n) is 2.65. The number of halogens is 1. The molecule has 6 nitrogen and oxygen atoms in total. The summed E-state index contributed by atoms with van der Waals surface area (Å²) in [7, 11) is 0. The summed E-state index contributed by atoms with van der Waals surface area (Å²) in [5, 5.41) is 5.17. The number of ether oxygens (including phenoxy) is 2. The molecule has 0 aliphatic heterocycles. The number of H-pyrrole nitrogens is 1. The number of hydrogen-bond acceptors (Lipinski definition) is 5. The minimum Gasteiger partial charge on any atom is -0.490 e. The number of aromatic nitrogens is 2. The Bertz CT molecular complexity index is 1140. The van der Waals surface area contributed by atoms with Crippen LogP contribution in [0.25, 0.3) is 10.9 Å². The Labute approximate surface area is 172 Å². The minimum absolute atomic E-state index is 0.207. The summed E-state index contributed by atoms with van der Waals surface area (Å²) in [6, 6.07) is 10.6. The van der Waals surface area contributed by atoms with Crippen molar-refractivity contribution in [3.8, 4) is 11.5 Å². The number of benzene rings is 2. The van der Waals surface area contributed by atoms with Crippen LogP contribution in [-0.2, 0) is 0 Å². The number of fused-ring (bicyclic) bond motifs is 1. The first-order valence-corrected chi connectivity index (χ1v) is 9.71. The van der Waals surface area contributed by atoms with Gasteiger partial charge < -0.3 is 14.5 Å². The molecule has 1 aromatic heterocycles. The molecule has 28 heavy (non-hydrogen) atoms. The van der Waals surface area contributed by atoms with Gasteiger partial charge in [0.05, 0.1) is 35.4 Å². The molecule has 0 saturated carbocycles. The molecule has 0 radical (unpaired) electrons. The van der Waals surface area contributed by atoms with Crippen LogP contribution in [0.1, 0.15) is 25.8 Å². The summed E-state index contributed by atoms with van der Waals surface area (Å²) in [6.45, 7) is 4.90. The second-order valence-corrected chi connectivity index (χ2v) is 6.74. The molecule has 3 aromatic rings. The van der Waals surface area contributed by atoms with E-state index in [1.54, 1.807) is 30.3 Å². The topological polar surface area (TPSA) is 68.6 Å². The van der Waals surface area contributed by atoms with Crippen LogP contribution in [-0.4, -0.2) is 29.1 Å². The highest BCUT2D eigenvalue weighted by atomic mass is 35.5. The van der Waals surface area contributed by atoms with Crippen molar-refractivity contribution in [1.29, 1.82) is 0 Å². The van der Waals surface area contributed by atoms with E-state index in [4.69, 9.17) is 33.3 Å². The largest absolute Gasteiger partial charge is 0.490 e. The van der Waals surface area contributed by atoms with Crippen molar-refractivity contribution in [2.75, 3.05) is 13.2 Å². The summed E-state index contributed by atoms with van der Waals surface area (Å²) in [6.07, 6.45) is 2.37. The van der Waals surface area contributed by atoms with Gasteiger partial charge in [-0.3, -0.25) is 4.79 Å². The Kier molecular flexibility index (Phi) is 6.49. The Morgan fingerprint density at radius 1 is 1.25 bits per heavy atom. The minimum atomic E-state index is -0.297. The van der Waals surface area contributed by atoms with Gasteiger partial charge in [0.2, 0.25) is 4.77 Å². The Morgan fingerprint density at radius 3 is 2.79 bits per heavy atom. The average molecular weight is 418 g/mol. The van der Waals surface area contributed by atoms with Crippen LogP contribution in [0.2, 0.25) is 5.02 Å². The van der Waals surface area contributed by atoms with E-state index in [1.807, 2.05) is 19.9 Å². The predicted octanol–water partition coefficient (Wildman–Crippen LogP) is 4.78. The van der Waals surface area contributed by atoms with E-state index in [0.29, 0.717) is 46.2 Å². The molecule has 3 rings (SSSR count). The van der Waals surface area contributed by atoms with E-state index in [1.165, 1.54) is 6.21 Å². The van der Waals surface area contributed by atoms with E-state index in [2.05, 4.69) is 10.1 Å². The van der Waals surface area contributed by atoms with Crippen molar-refractivity contribution in [1.82, 2.24) is 9.66 Å².